The average molecular weight is 365 g/mol. The molecule has 2 aromatic rings. The summed E-state index contributed by atoms with van der Waals surface area (Å²) in [6, 6.07) is 14.1. The van der Waals surface area contributed by atoms with Crippen LogP contribution in [0, 0.1) is 0 Å². The van der Waals surface area contributed by atoms with E-state index in [1.165, 1.54) is 31.2 Å². The second-order valence-electron chi connectivity index (χ2n) is 5.13. The van der Waals surface area contributed by atoms with E-state index in [0.717, 1.165) is 0 Å². The summed E-state index contributed by atoms with van der Waals surface area (Å²) >= 11 is 0. The Morgan fingerprint density at radius 1 is 0.962 bits per heavy atom. The number of para-hydroxylation sites is 1. The molecule has 138 valence electrons. The molecule has 2 aromatic carbocycles. The van der Waals surface area contributed by atoms with Crippen molar-refractivity contribution < 1.29 is 32.6 Å². The highest BCUT2D eigenvalue weighted by molar-refractivity contribution is 5.93. The Bertz CT molecular complexity index is 722. The number of halogens is 2. The summed E-state index contributed by atoms with van der Waals surface area (Å²) in [5, 5.41) is 2.47. The van der Waals surface area contributed by atoms with Crippen LogP contribution < -0.4 is 14.8 Å². The lowest BCUT2D eigenvalue weighted by molar-refractivity contribution is -0.153. The van der Waals surface area contributed by atoms with Crippen LogP contribution in [0.5, 0.6) is 11.5 Å². The number of nitrogens with one attached hydrogen (secondary N) is 1. The number of hydrogen-bond acceptors (Lipinski definition) is 5. The Morgan fingerprint density at radius 2 is 1.58 bits per heavy atom. The number of esters is 1. The third kappa shape index (κ3) is 6.39. The smallest absolute Gasteiger partial charge is 0.387 e. The highest BCUT2D eigenvalue weighted by Crippen LogP contribution is 2.17. The monoisotopic (exact) mass is 365 g/mol. The van der Waals surface area contributed by atoms with E-state index in [9.17, 15) is 18.4 Å². The van der Waals surface area contributed by atoms with Gasteiger partial charge in [-0.1, -0.05) is 18.2 Å². The van der Waals surface area contributed by atoms with Crippen molar-refractivity contribution in [3.05, 3.63) is 54.6 Å². The third-order valence-corrected chi connectivity index (χ3v) is 3.10. The van der Waals surface area contributed by atoms with Crippen molar-refractivity contribution in [3.63, 3.8) is 0 Å². The topological polar surface area (TPSA) is 73.9 Å². The van der Waals surface area contributed by atoms with Crippen molar-refractivity contribution in [1.29, 1.82) is 0 Å². The summed E-state index contributed by atoms with van der Waals surface area (Å²) in [7, 11) is 0. The predicted octanol–water partition coefficient (Wildman–Crippen LogP) is 3.24. The van der Waals surface area contributed by atoms with Crippen LogP contribution in [0.2, 0.25) is 0 Å². The third-order valence-electron chi connectivity index (χ3n) is 3.10. The van der Waals surface area contributed by atoms with E-state index in [1.54, 1.807) is 24.3 Å². The number of carbonyl (C=O) groups is 2. The van der Waals surface area contributed by atoms with Crippen LogP contribution in [-0.4, -0.2) is 31.2 Å². The fourth-order valence-corrected chi connectivity index (χ4v) is 1.92. The summed E-state index contributed by atoms with van der Waals surface area (Å²) in [5.74, 6) is -0.790. The number of carbonyl (C=O) groups excluding carboxylic acids is 2. The molecule has 0 fully saturated rings. The first-order valence-corrected chi connectivity index (χ1v) is 7.67. The van der Waals surface area contributed by atoms with E-state index < -0.39 is 31.2 Å². The number of hydrogen-bond donors (Lipinski definition) is 1. The van der Waals surface area contributed by atoms with Crippen LogP contribution in [0.3, 0.4) is 0 Å². The summed E-state index contributed by atoms with van der Waals surface area (Å²) in [5.41, 5.74) is 0.348. The first-order valence-electron chi connectivity index (χ1n) is 7.67. The van der Waals surface area contributed by atoms with Crippen LogP contribution in [0.4, 0.5) is 14.5 Å². The second kappa shape index (κ2) is 9.36. The van der Waals surface area contributed by atoms with Crippen molar-refractivity contribution in [1.82, 2.24) is 0 Å². The van der Waals surface area contributed by atoms with Gasteiger partial charge in [0.2, 0.25) is 0 Å². The molecule has 0 bridgehead atoms. The van der Waals surface area contributed by atoms with E-state index in [1.807, 2.05) is 6.07 Å². The van der Waals surface area contributed by atoms with Crippen LogP contribution in [0.1, 0.15) is 6.92 Å². The molecule has 0 spiro atoms. The number of rotatable bonds is 8. The van der Waals surface area contributed by atoms with E-state index in [-0.39, 0.29) is 5.75 Å². The molecule has 0 unspecified atom stereocenters. The number of anilines is 1. The average Bonchev–Trinajstić information content (AvgIpc) is 2.61. The summed E-state index contributed by atoms with van der Waals surface area (Å²) in [6.07, 6.45) is -0.879. The van der Waals surface area contributed by atoms with Crippen LogP contribution >= 0.6 is 0 Å². The molecule has 1 amide bonds. The highest BCUT2D eigenvalue weighted by atomic mass is 19.3. The van der Waals surface area contributed by atoms with Gasteiger partial charge in [0.15, 0.2) is 12.7 Å². The molecule has 0 heterocycles. The number of amides is 1. The number of alkyl halides is 2. The highest BCUT2D eigenvalue weighted by Gasteiger charge is 2.17. The minimum atomic E-state index is -2.92. The van der Waals surface area contributed by atoms with Crippen molar-refractivity contribution >= 4 is 17.6 Å². The molecular weight excluding hydrogens is 348 g/mol. The van der Waals surface area contributed by atoms with Crippen molar-refractivity contribution in [3.8, 4) is 11.5 Å². The van der Waals surface area contributed by atoms with Crippen molar-refractivity contribution in [2.45, 2.75) is 19.6 Å². The van der Waals surface area contributed by atoms with Crippen LogP contribution in [0.25, 0.3) is 0 Å². The van der Waals surface area contributed by atoms with E-state index in [2.05, 4.69) is 10.1 Å². The maximum absolute atomic E-state index is 12.1. The lowest BCUT2D eigenvalue weighted by atomic mass is 10.3. The molecule has 0 saturated carbocycles. The molecule has 0 aromatic heterocycles. The van der Waals surface area contributed by atoms with Gasteiger partial charge in [-0.25, -0.2) is 4.79 Å². The SMILES string of the molecule is C[C@H](Oc1ccccc1)C(=O)OCC(=O)Nc1ccc(OC(F)F)cc1. The molecule has 26 heavy (non-hydrogen) atoms. The van der Waals surface area contributed by atoms with E-state index in [4.69, 9.17) is 9.47 Å². The largest absolute Gasteiger partial charge is 0.479 e. The summed E-state index contributed by atoms with van der Waals surface area (Å²) < 4.78 is 38.6. The zero-order valence-electron chi connectivity index (χ0n) is 13.9. The van der Waals surface area contributed by atoms with Gasteiger partial charge in [-0.05, 0) is 43.3 Å². The van der Waals surface area contributed by atoms with Gasteiger partial charge < -0.3 is 19.5 Å². The Kier molecular flexibility index (Phi) is 6.90. The summed E-state index contributed by atoms with van der Waals surface area (Å²) in [6.45, 7) is -1.92. The Labute approximate surface area is 148 Å². The molecule has 0 radical (unpaired) electrons. The van der Waals surface area contributed by atoms with Crippen LogP contribution in [0.15, 0.2) is 54.6 Å². The standard InChI is InChI=1S/C18H17F2NO5/c1-12(25-14-5-3-2-4-6-14)17(23)24-11-16(22)21-13-7-9-15(10-8-13)26-18(19)20/h2-10,12,18H,11H2,1H3,(H,21,22)/t12-/m0/s1. The Balaban J connectivity index is 1.76. The first kappa shape index (κ1) is 19.2. The van der Waals surface area contributed by atoms with Crippen LogP contribution in [-0.2, 0) is 14.3 Å². The Hall–Kier alpha value is -3.16. The zero-order valence-corrected chi connectivity index (χ0v) is 13.9. The molecule has 0 aliphatic carbocycles. The van der Waals surface area contributed by atoms with Gasteiger partial charge in [0.05, 0.1) is 0 Å². The maximum Gasteiger partial charge on any atom is 0.387 e. The fourth-order valence-electron chi connectivity index (χ4n) is 1.92. The second-order valence-corrected chi connectivity index (χ2v) is 5.13. The molecule has 1 atom stereocenters. The van der Waals surface area contributed by atoms with Gasteiger partial charge in [-0.15, -0.1) is 0 Å². The lowest BCUT2D eigenvalue weighted by Crippen LogP contribution is -2.29. The van der Waals surface area contributed by atoms with Gasteiger partial charge in [0.1, 0.15) is 11.5 Å². The van der Waals surface area contributed by atoms with E-state index in [0.29, 0.717) is 11.4 Å². The minimum Gasteiger partial charge on any atom is -0.479 e. The molecule has 6 nitrogen and oxygen atoms in total. The Morgan fingerprint density at radius 3 is 2.19 bits per heavy atom. The molecule has 1 N–H and O–H groups in total. The van der Waals surface area contributed by atoms with E-state index >= 15 is 0 Å². The lowest BCUT2D eigenvalue weighted by Gasteiger charge is -2.14. The maximum atomic E-state index is 12.1. The van der Waals surface area contributed by atoms with Gasteiger partial charge >= 0.3 is 12.6 Å². The summed E-state index contributed by atoms with van der Waals surface area (Å²) in [4.78, 5) is 23.6. The normalized spacial score (nSPS) is 11.5. The molecule has 0 aliphatic heterocycles. The minimum absolute atomic E-state index is 0.0312. The number of benzene rings is 2. The zero-order chi connectivity index (χ0) is 18.9. The molecule has 2 rings (SSSR count). The van der Waals surface area contributed by atoms with Gasteiger partial charge in [-0.3, -0.25) is 4.79 Å². The molecule has 8 heteroatoms. The molecule has 0 aliphatic rings. The quantitative estimate of drug-likeness (QED) is 0.727. The van der Waals surface area contributed by atoms with Crippen molar-refractivity contribution in [2.24, 2.45) is 0 Å². The fraction of sp³-hybridized carbons (Fsp3) is 0.222. The van der Waals surface area contributed by atoms with Gasteiger partial charge in [0, 0.05) is 5.69 Å². The van der Waals surface area contributed by atoms with Crippen molar-refractivity contribution in [2.75, 3.05) is 11.9 Å². The van der Waals surface area contributed by atoms with Gasteiger partial charge in [0.25, 0.3) is 5.91 Å². The first-order chi connectivity index (χ1) is 12.4. The van der Waals surface area contributed by atoms with Gasteiger partial charge in [-0.2, -0.15) is 8.78 Å². The molecular formula is C18H17F2NO5. The number of ether oxygens (including phenoxy) is 3. The predicted molar refractivity (Wildman–Crippen MR) is 89.2 cm³/mol. The molecule has 0 saturated heterocycles.